The Morgan fingerprint density at radius 1 is 1.50 bits per heavy atom. The molecular formula is C7H15NO3S. The van der Waals surface area contributed by atoms with Gasteiger partial charge in [-0.05, 0) is 19.8 Å². The molecule has 0 spiro atoms. The summed E-state index contributed by atoms with van der Waals surface area (Å²) in [4.78, 5) is 0. The number of sulfonamides is 1. The Morgan fingerprint density at radius 3 is 2.58 bits per heavy atom. The van der Waals surface area contributed by atoms with Gasteiger partial charge in [0.1, 0.15) is 0 Å². The molecule has 0 bridgehead atoms. The van der Waals surface area contributed by atoms with Gasteiger partial charge in [0.05, 0.1) is 18.4 Å². The largest absolute Gasteiger partial charge is 0.380 e. The maximum Gasteiger partial charge on any atom is 0.209 e. The summed E-state index contributed by atoms with van der Waals surface area (Å²) >= 11 is 0. The molecule has 12 heavy (non-hydrogen) atoms. The Kier molecular flexibility index (Phi) is 2.75. The molecule has 0 radical (unpaired) electrons. The van der Waals surface area contributed by atoms with E-state index in [9.17, 15) is 8.42 Å². The van der Waals surface area contributed by atoms with Gasteiger partial charge in [-0.15, -0.1) is 0 Å². The summed E-state index contributed by atoms with van der Waals surface area (Å²) in [5.74, 6) is 0. The van der Waals surface area contributed by atoms with Gasteiger partial charge in [-0.2, -0.15) is 0 Å². The Balaban J connectivity index is 2.59. The molecule has 1 fully saturated rings. The zero-order valence-corrected chi connectivity index (χ0v) is 8.28. The molecule has 1 aliphatic rings. The van der Waals surface area contributed by atoms with Gasteiger partial charge in [0.2, 0.25) is 10.0 Å². The molecule has 0 aromatic heterocycles. The quantitative estimate of drug-likeness (QED) is 0.677. The van der Waals surface area contributed by atoms with Gasteiger partial charge in [-0.25, -0.2) is 13.1 Å². The summed E-state index contributed by atoms with van der Waals surface area (Å²) in [6, 6.07) is 0. The third-order valence-corrected chi connectivity index (χ3v) is 2.73. The van der Waals surface area contributed by atoms with Crippen LogP contribution in [0.5, 0.6) is 0 Å². The second kappa shape index (κ2) is 3.32. The smallest absolute Gasteiger partial charge is 0.209 e. The van der Waals surface area contributed by atoms with Crippen LogP contribution >= 0.6 is 0 Å². The predicted molar refractivity (Wildman–Crippen MR) is 46.4 cm³/mol. The van der Waals surface area contributed by atoms with Crippen LogP contribution in [-0.4, -0.2) is 33.4 Å². The van der Waals surface area contributed by atoms with Crippen LogP contribution in [0.2, 0.25) is 0 Å². The van der Waals surface area contributed by atoms with Crippen molar-refractivity contribution in [3.8, 4) is 0 Å². The number of rotatable bonds is 2. The van der Waals surface area contributed by atoms with Crippen molar-refractivity contribution >= 4 is 10.0 Å². The number of nitrogens with one attached hydrogen (secondary N) is 1. The predicted octanol–water partition coefficient (Wildman–Crippen LogP) is 0.105. The Bertz CT molecular complexity index is 241. The Hall–Kier alpha value is -0.130. The zero-order chi connectivity index (χ0) is 9.24. The molecule has 1 aliphatic heterocycles. The number of hydrogen-bond acceptors (Lipinski definition) is 3. The van der Waals surface area contributed by atoms with E-state index in [-0.39, 0.29) is 0 Å². The van der Waals surface area contributed by atoms with E-state index in [1.165, 1.54) is 6.26 Å². The van der Waals surface area contributed by atoms with Gasteiger partial charge in [0.25, 0.3) is 0 Å². The van der Waals surface area contributed by atoms with Crippen LogP contribution in [0.4, 0.5) is 0 Å². The van der Waals surface area contributed by atoms with E-state index >= 15 is 0 Å². The fourth-order valence-electron chi connectivity index (χ4n) is 1.46. The van der Waals surface area contributed by atoms with E-state index in [4.69, 9.17) is 4.74 Å². The van der Waals surface area contributed by atoms with E-state index in [2.05, 4.69) is 4.72 Å². The van der Waals surface area contributed by atoms with Crippen LogP contribution in [0.1, 0.15) is 19.8 Å². The van der Waals surface area contributed by atoms with E-state index < -0.39 is 15.6 Å². The molecule has 0 saturated carbocycles. The second-order valence-corrected chi connectivity index (χ2v) is 5.34. The van der Waals surface area contributed by atoms with Crippen LogP contribution < -0.4 is 4.72 Å². The van der Waals surface area contributed by atoms with Crippen molar-refractivity contribution in [3.63, 3.8) is 0 Å². The van der Waals surface area contributed by atoms with E-state index in [1.54, 1.807) is 0 Å². The standard InChI is InChI=1S/C7H15NO3S/c1-7(8-12(2,9)10)4-3-5-11-6-7/h8H,3-6H2,1-2H3. The van der Waals surface area contributed by atoms with Gasteiger partial charge in [-0.3, -0.25) is 0 Å². The fourth-order valence-corrected chi connectivity index (χ4v) is 2.52. The molecule has 72 valence electrons. The van der Waals surface area contributed by atoms with Crippen molar-refractivity contribution in [3.05, 3.63) is 0 Å². The third-order valence-electron chi connectivity index (χ3n) is 1.87. The summed E-state index contributed by atoms with van der Waals surface area (Å²) in [5, 5.41) is 0. The second-order valence-electron chi connectivity index (χ2n) is 3.59. The average Bonchev–Trinajstić information content (AvgIpc) is 1.83. The van der Waals surface area contributed by atoms with Crippen LogP contribution in [-0.2, 0) is 14.8 Å². The lowest BCUT2D eigenvalue weighted by molar-refractivity contribution is 0.0387. The zero-order valence-electron chi connectivity index (χ0n) is 7.46. The topological polar surface area (TPSA) is 55.4 Å². The van der Waals surface area contributed by atoms with E-state index in [0.29, 0.717) is 6.61 Å². The lowest BCUT2D eigenvalue weighted by Gasteiger charge is -2.33. The molecular weight excluding hydrogens is 178 g/mol. The maximum atomic E-state index is 10.9. The Morgan fingerprint density at radius 2 is 2.17 bits per heavy atom. The maximum absolute atomic E-state index is 10.9. The third kappa shape index (κ3) is 3.08. The monoisotopic (exact) mass is 193 g/mol. The lowest BCUT2D eigenvalue weighted by Crippen LogP contribution is -2.51. The van der Waals surface area contributed by atoms with Crippen molar-refractivity contribution in [2.75, 3.05) is 19.5 Å². The first-order chi connectivity index (χ1) is 5.41. The van der Waals surface area contributed by atoms with Crippen LogP contribution in [0.3, 0.4) is 0 Å². The molecule has 0 aromatic rings. The summed E-state index contributed by atoms with van der Waals surface area (Å²) in [6.07, 6.45) is 2.94. The van der Waals surface area contributed by atoms with Crippen molar-refractivity contribution < 1.29 is 13.2 Å². The highest BCUT2D eigenvalue weighted by Crippen LogP contribution is 2.18. The Labute approximate surface area is 73.3 Å². The van der Waals surface area contributed by atoms with Crippen molar-refractivity contribution in [1.29, 1.82) is 0 Å². The molecule has 1 saturated heterocycles. The molecule has 1 unspecified atom stereocenters. The molecule has 4 nitrogen and oxygen atoms in total. The van der Waals surface area contributed by atoms with Gasteiger partial charge in [0.15, 0.2) is 0 Å². The van der Waals surface area contributed by atoms with Gasteiger partial charge < -0.3 is 4.74 Å². The first-order valence-electron chi connectivity index (χ1n) is 3.98. The first-order valence-corrected chi connectivity index (χ1v) is 5.87. The minimum Gasteiger partial charge on any atom is -0.380 e. The normalized spacial score (nSPS) is 31.8. The molecule has 0 aromatic carbocycles. The molecule has 0 amide bonds. The molecule has 1 atom stereocenters. The first kappa shape index (κ1) is 9.95. The van der Waals surface area contributed by atoms with Crippen molar-refractivity contribution in [2.24, 2.45) is 0 Å². The summed E-state index contributed by atoms with van der Waals surface area (Å²) < 4.78 is 29.7. The molecule has 5 heteroatoms. The van der Waals surface area contributed by atoms with Crippen LogP contribution in [0.15, 0.2) is 0 Å². The number of ether oxygens (including phenoxy) is 1. The highest BCUT2D eigenvalue weighted by atomic mass is 32.2. The molecule has 1 N–H and O–H groups in total. The average molecular weight is 193 g/mol. The van der Waals surface area contributed by atoms with Crippen LogP contribution in [0, 0.1) is 0 Å². The van der Waals surface area contributed by atoms with Crippen molar-refractivity contribution in [1.82, 2.24) is 4.72 Å². The van der Waals surface area contributed by atoms with E-state index in [1.807, 2.05) is 6.92 Å². The van der Waals surface area contributed by atoms with E-state index in [0.717, 1.165) is 19.4 Å². The van der Waals surface area contributed by atoms with Gasteiger partial charge >= 0.3 is 0 Å². The summed E-state index contributed by atoms with van der Waals surface area (Å²) in [6.45, 7) is 3.08. The minimum absolute atomic E-state index is 0.397. The lowest BCUT2D eigenvalue weighted by atomic mass is 9.97. The fraction of sp³-hybridized carbons (Fsp3) is 1.00. The SMILES string of the molecule is CC1(NS(C)(=O)=O)CCCOC1. The summed E-state index contributed by atoms with van der Waals surface area (Å²) in [5.41, 5.74) is -0.397. The molecule has 1 heterocycles. The van der Waals surface area contributed by atoms with Crippen molar-refractivity contribution in [2.45, 2.75) is 25.3 Å². The van der Waals surface area contributed by atoms with Gasteiger partial charge in [-0.1, -0.05) is 0 Å². The van der Waals surface area contributed by atoms with Crippen LogP contribution in [0.25, 0.3) is 0 Å². The van der Waals surface area contributed by atoms with Gasteiger partial charge in [0, 0.05) is 6.61 Å². The highest BCUT2D eigenvalue weighted by molar-refractivity contribution is 7.88. The molecule has 0 aliphatic carbocycles. The molecule has 1 rings (SSSR count). The number of hydrogen-bond donors (Lipinski definition) is 1. The minimum atomic E-state index is -3.11. The highest BCUT2D eigenvalue weighted by Gasteiger charge is 2.30. The summed E-state index contributed by atoms with van der Waals surface area (Å²) in [7, 11) is -3.11.